The molecule has 88 valence electrons. The van der Waals surface area contributed by atoms with Gasteiger partial charge in [0.1, 0.15) is 0 Å². The summed E-state index contributed by atoms with van der Waals surface area (Å²) in [5.41, 5.74) is 2.52. The summed E-state index contributed by atoms with van der Waals surface area (Å²) in [6.07, 6.45) is 7.35. The average molecular weight is 218 g/mol. The van der Waals surface area contributed by atoms with Gasteiger partial charge in [-0.05, 0) is 36.3 Å². The van der Waals surface area contributed by atoms with Crippen molar-refractivity contribution in [3.05, 3.63) is 35.4 Å². The second-order valence-corrected chi connectivity index (χ2v) is 4.93. The Labute approximate surface area is 98.5 Å². The second kappa shape index (κ2) is 5.49. The van der Waals surface area contributed by atoms with Crippen molar-refractivity contribution in [3.63, 3.8) is 0 Å². The van der Waals surface area contributed by atoms with Gasteiger partial charge in [0.15, 0.2) is 0 Å². The molecule has 1 saturated carbocycles. The fourth-order valence-corrected chi connectivity index (χ4v) is 2.66. The van der Waals surface area contributed by atoms with E-state index in [1.807, 2.05) is 6.92 Å². The zero-order valence-electron chi connectivity index (χ0n) is 10.2. The highest BCUT2D eigenvalue weighted by atomic mass is 16.3. The Hall–Kier alpha value is -0.820. The van der Waals surface area contributed by atoms with Gasteiger partial charge in [-0.1, -0.05) is 50.5 Å². The molecule has 1 N–H and O–H groups in total. The maximum Gasteiger partial charge on any atom is 0.0787 e. The van der Waals surface area contributed by atoms with Crippen molar-refractivity contribution in [1.29, 1.82) is 0 Å². The topological polar surface area (TPSA) is 20.2 Å². The third-order valence-corrected chi connectivity index (χ3v) is 3.78. The van der Waals surface area contributed by atoms with Gasteiger partial charge in [-0.3, -0.25) is 0 Å². The van der Waals surface area contributed by atoms with E-state index in [0.29, 0.717) is 0 Å². The molecule has 0 heterocycles. The first-order valence-corrected chi connectivity index (χ1v) is 6.59. The summed E-state index contributed by atoms with van der Waals surface area (Å²) in [7, 11) is 0. The van der Waals surface area contributed by atoms with Gasteiger partial charge in [0.05, 0.1) is 6.10 Å². The van der Waals surface area contributed by atoms with Crippen LogP contribution in [0.1, 0.15) is 68.6 Å². The molecule has 0 spiro atoms. The SMILES string of the molecule is CCC(O)c1ccc(C2CCCCC2)cc1. The number of aliphatic hydroxyl groups is 1. The predicted octanol–water partition coefficient (Wildman–Crippen LogP) is 4.18. The van der Waals surface area contributed by atoms with Crippen LogP contribution in [0, 0.1) is 0 Å². The van der Waals surface area contributed by atoms with Crippen LogP contribution in [-0.2, 0) is 0 Å². The van der Waals surface area contributed by atoms with Crippen molar-refractivity contribution in [2.24, 2.45) is 0 Å². The van der Waals surface area contributed by atoms with Gasteiger partial charge in [-0.25, -0.2) is 0 Å². The normalized spacial score (nSPS) is 19.6. The molecule has 0 amide bonds. The third kappa shape index (κ3) is 2.65. The van der Waals surface area contributed by atoms with Crippen molar-refractivity contribution >= 4 is 0 Å². The van der Waals surface area contributed by atoms with E-state index in [-0.39, 0.29) is 6.10 Å². The van der Waals surface area contributed by atoms with Gasteiger partial charge in [0.25, 0.3) is 0 Å². The fourth-order valence-electron chi connectivity index (χ4n) is 2.66. The molecule has 0 aromatic heterocycles. The Morgan fingerprint density at radius 3 is 2.31 bits per heavy atom. The first-order valence-electron chi connectivity index (χ1n) is 6.59. The minimum atomic E-state index is -0.291. The van der Waals surface area contributed by atoms with Crippen LogP contribution in [0.15, 0.2) is 24.3 Å². The monoisotopic (exact) mass is 218 g/mol. The summed E-state index contributed by atoms with van der Waals surface area (Å²) in [4.78, 5) is 0. The fraction of sp³-hybridized carbons (Fsp3) is 0.600. The highest BCUT2D eigenvalue weighted by Gasteiger charge is 2.15. The van der Waals surface area contributed by atoms with E-state index in [4.69, 9.17) is 0 Å². The van der Waals surface area contributed by atoms with Crippen LogP contribution in [0.3, 0.4) is 0 Å². The molecule has 0 aliphatic heterocycles. The molecule has 1 aromatic carbocycles. The highest BCUT2D eigenvalue weighted by Crippen LogP contribution is 2.33. The lowest BCUT2D eigenvalue weighted by Gasteiger charge is -2.22. The van der Waals surface area contributed by atoms with Crippen molar-refractivity contribution in [3.8, 4) is 0 Å². The summed E-state index contributed by atoms with van der Waals surface area (Å²) < 4.78 is 0. The van der Waals surface area contributed by atoms with Crippen LogP contribution in [-0.4, -0.2) is 5.11 Å². The molecule has 0 radical (unpaired) electrons. The van der Waals surface area contributed by atoms with Gasteiger partial charge in [0, 0.05) is 0 Å². The van der Waals surface area contributed by atoms with E-state index in [1.165, 1.54) is 37.7 Å². The average Bonchev–Trinajstić information content (AvgIpc) is 2.39. The largest absolute Gasteiger partial charge is 0.388 e. The number of aliphatic hydroxyl groups excluding tert-OH is 1. The Morgan fingerprint density at radius 2 is 1.75 bits per heavy atom. The lowest BCUT2D eigenvalue weighted by atomic mass is 9.84. The van der Waals surface area contributed by atoms with E-state index in [9.17, 15) is 5.11 Å². The van der Waals surface area contributed by atoms with Gasteiger partial charge in [-0.15, -0.1) is 0 Å². The number of benzene rings is 1. The molecule has 1 atom stereocenters. The number of hydrogen-bond acceptors (Lipinski definition) is 1. The lowest BCUT2D eigenvalue weighted by molar-refractivity contribution is 0.173. The summed E-state index contributed by atoms with van der Waals surface area (Å²) >= 11 is 0. The van der Waals surface area contributed by atoms with Crippen molar-refractivity contribution < 1.29 is 5.11 Å². The molecule has 1 aliphatic rings. The zero-order valence-corrected chi connectivity index (χ0v) is 10.2. The number of hydrogen-bond donors (Lipinski definition) is 1. The van der Waals surface area contributed by atoms with Gasteiger partial charge in [0.2, 0.25) is 0 Å². The molecule has 1 fully saturated rings. The molecule has 1 aromatic rings. The second-order valence-electron chi connectivity index (χ2n) is 4.93. The molecule has 1 aliphatic carbocycles. The zero-order chi connectivity index (χ0) is 11.4. The van der Waals surface area contributed by atoms with E-state index < -0.39 is 0 Å². The Bertz CT molecular complexity index is 309. The van der Waals surface area contributed by atoms with Gasteiger partial charge in [-0.2, -0.15) is 0 Å². The van der Waals surface area contributed by atoms with Crippen LogP contribution in [0.2, 0.25) is 0 Å². The molecule has 16 heavy (non-hydrogen) atoms. The summed E-state index contributed by atoms with van der Waals surface area (Å²) in [6, 6.07) is 8.62. The standard InChI is InChI=1S/C15H22O/c1-2-15(16)14-10-8-13(9-11-14)12-6-4-3-5-7-12/h8-12,15-16H,2-7H2,1H3. The van der Waals surface area contributed by atoms with Crippen LogP contribution in [0.4, 0.5) is 0 Å². The van der Waals surface area contributed by atoms with Crippen LogP contribution in [0.25, 0.3) is 0 Å². The molecular weight excluding hydrogens is 196 g/mol. The lowest BCUT2D eigenvalue weighted by Crippen LogP contribution is -2.04. The van der Waals surface area contributed by atoms with E-state index >= 15 is 0 Å². The first kappa shape index (κ1) is 11.7. The Balaban J connectivity index is 2.06. The minimum absolute atomic E-state index is 0.291. The Kier molecular flexibility index (Phi) is 4.00. The van der Waals surface area contributed by atoms with Crippen LogP contribution >= 0.6 is 0 Å². The summed E-state index contributed by atoms with van der Waals surface area (Å²) in [6.45, 7) is 2.01. The molecule has 0 saturated heterocycles. The van der Waals surface area contributed by atoms with Crippen molar-refractivity contribution in [2.75, 3.05) is 0 Å². The van der Waals surface area contributed by atoms with Crippen LogP contribution < -0.4 is 0 Å². The highest BCUT2D eigenvalue weighted by molar-refractivity contribution is 5.26. The number of rotatable bonds is 3. The maximum absolute atomic E-state index is 9.73. The smallest absolute Gasteiger partial charge is 0.0787 e. The minimum Gasteiger partial charge on any atom is -0.388 e. The maximum atomic E-state index is 9.73. The molecule has 2 rings (SSSR count). The quantitative estimate of drug-likeness (QED) is 0.807. The molecular formula is C15H22O. The molecule has 1 nitrogen and oxygen atoms in total. The van der Waals surface area contributed by atoms with E-state index in [1.54, 1.807) is 0 Å². The molecule has 1 unspecified atom stereocenters. The van der Waals surface area contributed by atoms with E-state index in [0.717, 1.165) is 17.9 Å². The first-order chi connectivity index (χ1) is 7.81. The van der Waals surface area contributed by atoms with E-state index in [2.05, 4.69) is 24.3 Å². The van der Waals surface area contributed by atoms with Gasteiger partial charge < -0.3 is 5.11 Å². The summed E-state index contributed by atoms with van der Waals surface area (Å²) in [5, 5.41) is 9.73. The summed E-state index contributed by atoms with van der Waals surface area (Å²) in [5.74, 6) is 0.765. The Morgan fingerprint density at radius 1 is 1.12 bits per heavy atom. The predicted molar refractivity (Wildman–Crippen MR) is 67.5 cm³/mol. The molecule has 1 heteroatoms. The van der Waals surface area contributed by atoms with Crippen molar-refractivity contribution in [1.82, 2.24) is 0 Å². The third-order valence-electron chi connectivity index (χ3n) is 3.78. The van der Waals surface area contributed by atoms with Gasteiger partial charge >= 0.3 is 0 Å². The molecule has 0 bridgehead atoms. The van der Waals surface area contributed by atoms with Crippen LogP contribution in [0.5, 0.6) is 0 Å². The van der Waals surface area contributed by atoms with Crippen molar-refractivity contribution in [2.45, 2.75) is 57.5 Å².